The Morgan fingerprint density at radius 1 is 1.26 bits per heavy atom. The first kappa shape index (κ1) is 15.3. The molecular formula is C17H19N3O3. The van der Waals surface area contributed by atoms with Crippen LogP contribution in [0.5, 0.6) is 0 Å². The summed E-state index contributed by atoms with van der Waals surface area (Å²) in [5.41, 5.74) is 6.67. The van der Waals surface area contributed by atoms with Gasteiger partial charge in [-0.25, -0.2) is 0 Å². The second-order valence-electron chi connectivity index (χ2n) is 6.13. The first-order valence-electron chi connectivity index (χ1n) is 7.56. The lowest BCUT2D eigenvalue weighted by Crippen LogP contribution is -2.51. The highest BCUT2D eigenvalue weighted by Gasteiger charge is 2.33. The Morgan fingerprint density at radius 2 is 1.91 bits per heavy atom. The maximum Gasteiger partial charge on any atom is 0.255 e. The highest BCUT2D eigenvalue weighted by molar-refractivity contribution is 6.07. The van der Waals surface area contributed by atoms with Crippen molar-refractivity contribution < 1.29 is 9.59 Å². The number of hydrogen-bond acceptors (Lipinski definition) is 3. The predicted octanol–water partition coefficient (Wildman–Crippen LogP) is 0.794. The van der Waals surface area contributed by atoms with E-state index in [1.807, 2.05) is 24.3 Å². The number of primary amides is 1. The average Bonchev–Trinajstić information content (AvgIpc) is 2.48. The Morgan fingerprint density at radius 3 is 2.57 bits per heavy atom. The minimum absolute atomic E-state index is 0.120. The summed E-state index contributed by atoms with van der Waals surface area (Å²) < 4.78 is 1.56. The molecule has 1 aliphatic heterocycles. The van der Waals surface area contributed by atoms with Gasteiger partial charge in [-0.15, -0.1) is 0 Å². The number of carbonyl (C=O) groups excluding carboxylic acids is 2. The summed E-state index contributed by atoms with van der Waals surface area (Å²) in [6.45, 7) is 2.69. The molecule has 1 aromatic heterocycles. The fraction of sp³-hybridized carbons (Fsp3) is 0.353. The molecule has 3 rings (SSSR count). The molecule has 0 bridgehead atoms. The highest BCUT2D eigenvalue weighted by Crippen LogP contribution is 2.26. The monoisotopic (exact) mass is 313 g/mol. The molecule has 0 spiro atoms. The number of aryl methyl sites for hydroxylation is 1. The van der Waals surface area contributed by atoms with Crippen LogP contribution in [-0.4, -0.2) is 34.4 Å². The predicted molar refractivity (Wildman–Crippen MR) is 87.1 cm³/mol. The number of para-hydroxylation sites is 1. The standard InChI is InChI=1S/C17H19N3O3/c1-10-15(17(23)20-8-11(9-20)7-14(18)21)12-5-3-4-6-13(12)19(2)16(10)22/h3-6,11H,7-9H2,1-2H3,(H2,18,21). The van der Waals surface area contributed by atoms with Crippen LogP contribution in [0.1, 0.15) is 22.3 Å². The lowest BCUT2D eigenvalue weighted by Gasteiger charge is -2.39. The molecular weight excluding hydrogens is 294 g/mol. The number of rotatable bonds is 3. The summed E-state index contributed by atoms with van der Waals surface area (Å²) in [7, 11) is 1.71. The molecule has 1 fully saturated rings. The minimum atomic E-state index is -0.350. The molecule has 1 aliphatic rings. The van der Waals surface area contributed by atoms with Crippen LogP contribution in [-0.2, 0) is 11.8 Å². The van der Waals surface area contributed by atoms with Gasteiger partial charge in [-0.3, -0.25) is 14.4 Å². The third kappa shape index (κ3) is 2.50. The van der Waals surface area contributed by atoms with E-state index in [-0.39, 0.29) is 23.3 Å². The first-order chi connectivity index (χ1) is 10.9. The van der Waals surface area contributed by atoms with Crippen molar-refractivity contribution in [3.63, 3.8) is 0 Å². The number of aromatic nitrogens is 1. The highest BCUT2D eigenvalue weighted by atomic mass is 16.2. The summed E-state index contributed by atoms with van der Waals surface area (Å²) in [6.07, 6.45) is 0.292. The van der Waals surface area contributed by atoms with Gasteiger partial charge in [-0.05, 0) is 13.0 Å². The number of pyridine rings is 1. The van der Waals surface area contributed by atoms with Crippen LogP contribution in [0.25, 0.3) is 10.9 Å². The quantitative estimate of drug-likeness (QED) is 0.909. The molecule has 2 N–H and O–H groups in total. The number of likely N-dealkylation sites (tertiary alicyclic amines) is 1. The Bertz CT molecular complexity index is 863. The number of nitrogens with two attached hydrogens (primary N) is 1. The zero-order valence-corrected chi connectivity index (χ0v) is 13.2. The third-order valence-corrected chi connectivity index (χ3v) is 4.48. The van der Waals surface area contributed by atoms with Gasteiger partial charge >= 0.3 is 0 Å². The Hall–Kier alpha value is -2.63. The molecule has 0 aliphatic carbocycles. The van der Waals surface area contributed by atoms with E-state index < -0.39 is 0 Å². The van der Waals surface area contributed by atoms with Gasteiger partial charge in [0.05, 0.1) is 11.1 Å². The molecule has 6 heteroatoms. The number of benzene rings is 1. The topological polar surface area (TPSA) is 85.4 Å². The van der Waals surface area contributed by atoms with Crippen molar-refractivity contribution in [1.82, 2.24) is 9.47 Å². The zero-order valence-electron chi connectivity index (χ0n) is 13.2. The van der Waals surface area contributed by atoms with E-state index in [1.165, 1.54) is 0 Å². The smallest absolute Gasteiger partial charge is 0.255 e. The van der Waals surface area contributed by atoms with E-state index in [0.29, 0.717) is 30.6 Å². The molecule has 0 atom stereocenters. The maximum atomic E-state index is 12.8. The lowest BCUT2D eigenvalue weighted by atomic mass is 9.93. The van der Waals surface area contributed by atoms with Crippen LogP contribution in [0.4, 0.5) is 0 Å². The number of hydrogen-bond donors (Lipinski definition) is 1. The van der Waals surface area contributed by atoms with E-state index in [0.717, 1.165) is 10.9 Å². The molecule has 1 saturated heterocycles. The van der Waals surface area contributed by atoms with E-state index in [2.05, 4.69) is 0 Å². The molecule has 2 heterocycles. The second-order valence-corrected chi connectivity index (χ2v) is 6.13. The number of fused-ring (bicyclic) bond motifs is 1. The minimum Gasteiger partial charge on any atom is -0.370 e. The van der Waals surface area contributed by atoms with Crippen LogP contribution < -0.4 is 11.3 Å². The SMILES string of the molecule is Cc1c(C(=O)N2CC(CC(N)=O)C2)c2ccccc2n(C)c1=O. The fourth-order valence-electron chi connectivity index (χ4n) is 3.23. The van der Waals surface area contributed by atoms with Gasteiger partial charge in [0.2, 0.25) is 5.91 Å². The van der Waals surface area contributed by atoms with Crippen molar-refractivity contribution in [2.75, 3.05) is 13.1 Å². The van der Waals surface area contributed by atoms with Gasteiger partial charge in [-0.1, -0.05) is 18.2 Å². The molecule has 23 heavy (non-hydrogen) atoms. The van der Waals surface area contributed by atoms with Gasteiger partial charge in [0.15, 0.2) is 0 Å². The normalized spacial score (nSPS) is 14.8. The molecule has 6 nitrogen and oxygen atoms in total. The van der Waals surface area contributed by atoms with Crippen molar-refractivity contribution in [1.29, 1.82) is 0 Å². The molecule has 0 saturated carbocycles. The first-order valence-corrected chi connectivity index (χ1v) is 7.56. The van der Waals surface area contributed by atoms with Gasteiger partial charge in [0, 0.05) is 43.4 Å². The summed E-state index contributed by atoms with van der Waals surface area (Å²) in [5, 5.41) is 0.774. The average molecular weight is 313 g/mol. The third-order valence-electron chi connectivity index (χ3n) is 4.48. The van der Waals surface area contributed by atoms with Gasteiger partial charge < -0.3 is 15.2 Å². The molecule has 0 radical (unpaired) electrons. The summed E-state index contributed by atoms with van der Waals surface area (Å²) >= 11 is 0. The van der Waals surface area contributed by atoms with Crippen LogP contribution in [0.15, 0.2) is 29.1 Å². The number of amides is 2. The summed E-state index contributed by atoms with van der Waals surface area (Å²) in [6, 6.07) is 7.39. The zero-order chi connectivity index (χ0) is 16.7. The Labute approximate surface area is 133 Å². The maximum absolute atomic E-state index is 12.8. The number of nitrogens with zero attached hydrogens (tertiary/aromatic N) is 2. The molecule has 0 unspecified atom stereocenters. The van der Waals surface area contributed by atoms with Crippen molar-refractivity contribution in [3.05, 3.63) is 45.7 Å². The second kappa shape index (κ2) is 5.53. The van der Waals surface area contributed by atoms with Crippen LogP contribution >= 0.6 is 0 Å². The van der Waals surface area contributed by atoms with Gasteiger partial charge in [-0.2, -0.15) is 0 Å². The van der Waals surface area contributed by atoms with Crippen LogP contribution in [0, 0.1) is 12.8 Å². The van der Waals surface area contributed by atoms with Crippen molar-refractivity contribution >= 4 is 22.7 Å². The fourth-order valence-corrected chi connectivity index (χ4v) is 3.23. The Balaban J connectivity index is 1.99. The van der Waals surface area contributed by atoms with E-state index >= 15 is 0 Å². The van der Waals surface area contributed by atoms with E-state index in [1.54, 1.807) is 23.4 Å². The van der Waals surface area contributed by atoms with E-state index in [9.17, 15) is 14.4 Å². The van der Waals surface area contributed by atoms with Crippen molar-refractivity contribution in [3.8, 4) is 0 Å². The lowest BCUT2D eigenvalue weighted by molar-refractivity contribution is -0.119. The molecule has 120 valence electrons. The van der Waals surface area contributed by atoms with Crippen LogP contribution in [0.2, 0.25) is 0 Å². The summed E-state index contributed by atoms with van der Waals surface area (Å²) in [5.74, 6) is -0.385. The molecule has 1 aromatic carbocycles. The molecule has 2 aromatic rings. The summed E-state index contributed by atoms with van der Waals surface area (Å²) in [4.78, 5) is 37.8. The number of carbonyl (C=O) groups is 2. The Kier molecular flexibility index (Phi) is 3.67. The van der Waals surface area contributed by atoms with Crippen molar-refractivity contribution in [2.24, 2.45) is 18.7 Å². The van der Waals surface area contributed by atoms with Crippen LogP contribution in [0.3, 0.4) is 0 Å². The van der Waals surface area contributed by atoms with Crippen molar-refractivity contribution in [2.45, 2.75) is 13.3 Å². The van der Waals surface area contributed by atoms with E-state index in [4.69, 9.17) is 5.73 Å². The molecule has 2 amide bonds. The van der Waals surface area contributed by atoms with Gasteiger partial charge in [0.25, 0.3) is 11.5 Å². The van der Waals surface area contributed by atoms with Gasteiger partial charge in [0.1, 0.15) is 0 Å². The largest absolute Gasteiger partial charge is 0.370 e.